The van der Waals surface area contributed by atoms with Crippen molar-refractivity contribution in [2.75, 3.05) is 12.8 Å². The number of carbonyl (C=O) groups excluding carboxylic acids is 1. The minimum Gasteiger partial charge on any atom is -0.338 e. The number of amides is 1. The van der Waals surface area contributed by atoms with Gasteiger partial charge in [0.25, 0.3) is 0 Å². The topological polar surface area (TPSA) is 51.0 Å². The van der Waals surface area contributed by atoms with Crippen molar-refractivity contribution < 1.29 is 9.18 Å². The first-order valence-corrected chi connectivity index (χ1v) is 10.7. The van der Waals surface area contributed by atoms with Crippen molar-refractivity contribution in [3.63, 3.8) is 0 Å². The number of thioether (sulfide) groups is 1. The highest BCUT2D eigenvalue weighted by atomic mass is 32.2. The summed E-state index contributed by atoms with van der Waals surface area (Å²) in [5.74, 6) is 0.754. The van der Waals surface area contributed by atoms with Crippen LogP contribution in [-0.4, -0.2) is 38.4 Å². The zero-order valence-corrected chi connectivity index (χ0v) is 18.0. The van der Waals surface area contributed by atoms with Crippen LogP contribution in [0.4, 0.5) is 4.39 Å². The van der Waals surface area contributed by atoms with E-state index in [1.165, 1.54) is 23.9 Å². The van der Waals surface area contributed by atoms with Gasteiger partial charge in [0, 0.05) is 20.0 Å². The van der Waals surface area contributed by atoms with Crippen molar-refractivity contribution in [2.24, 2.45) is 0 Å². The second kappa shape index (κ2) is 10.2. The van der Waals surface area contributed by atoms with Gasteiger partial charge in [-0.3, -0.25) is 4.79 Å². The summed E-state index contributed by atoms with van der Waals surface area (Å²) in [6.45, 7) is 6.33. The summed E-state index contributed by atoms with van der Waals surface area (Å²) < 4.78 is 15.1. The Hall–Kier alpha value is -2.93. The first-order chi connectivity index (χ1) is 14.5. The first kappa shape index (κ1) is 21.8. The molecule has 0 radical (unpaired) electrons. The smallest absolute Gasteiger partial charge is 0.233 e. The third kappa shape index (κ3) is 5.36. The molecule has 3 aromatic rings. The van der Waals surface area contributed by atoms with Gasteiger partial charge in [-0.25, -0.2) is 4.39 Å². The van der Waals surface area contributed by atoms with Crippen molar-refractivity contribution in [1.29, 1.82) is 0 Å². The second-order valence-electron chi connectivity index (χ2n) is 6.98. The average Bonchev–Trinajstić information content (AvgIpc) is 3.13. The van der Waals surface area contributed by atoms with Crippen molar-refractivity contribution in [2.45, 2.75) is 31.1 Å². The molecule has 0 aliphatic rings. The zero-order valence-electron chi connectivity index (χ0n) is 17.2. The van der Waals surface area contributed by atoms with Crippen LogP contribution in [0.2, 0.25) is 0 Å². The summed E-state index contributed by atoms with van der Waals surface area (Å²) in [6.07, 6.45) is 2.46. The van der Waals surface area contributed by atoms with Gasteiger partial charge < -0.3 is 9.47 Å². The Morgan fingerprint density at radius 3 is 2.57 bits per heavy atom. The van der Waals surface area contributed by atoms with Crippen molar-refractivity contribution in [3.8, 4) is 0 Å². The Balaban J connectivity index is 1.66. The van der Waals surface area contributed by atoms with Crippen LogP contribution in [0.15, 0.2) is 72.4 Å². The van der Waals surface area contributed by atoms with Crippen molar-refractivity contribution in [1.82, 2.24) is 19.7 Å². The predicted octanol–water partition coefficient (Wildman–Crippen LogP) is 4.51. The molecule has 156 valence electrons. The number of allylic oxidation sites excluding steroid dienone is 1. The predicted molar refractivity (Wildman–Crippen MR) is 118 cm³/mol. The van der Waals surface area contributed by atoms with Gasteiger partial charge in [-0.2, -0.15) is 0 Å². The minimum atomic E-state index is -0.289. The Kier molecular flexibility index (Phi) is 7.41. The van der Waals surface area contributed by atoms with E-state index in [0.717, 1.165) is 17.0 Å². The third-order valence-corrected chi connectivity index (χ3v) is 5.91. The largest absolute Gasteiger partial charge is 0.338 e. The fourth-order valence-electron chi connectivity index (χ4n) is 3.06. The van der Waals surface area contributed by atoms with E-state index < -0.39 is 0 Å². The number of hydrogen-bond donors (Lipinski definition) is 0. The van der Waals surface area contributed by atoms with Gasteiger partial charge in [0.05, 0.1) is 11.8 Å². The average molecular weight is 425 g/mol. The van der Waals surface area contributed by atoms with Gasteiger partial charge in [0.2, 0.25) is 5.91 Å². The van der Waals surface area contributed by atoms with Crippen LogP contribution in [0.3, 0.4) is 0 Å². The van der Waals surface area contributed by atoms with E-state index >= 15 is 0 Å². The fraction of sp³-hybridized carbons (Fsp3) is 0.261. The summed E-state index contributed by atoms with van der Waals surface area (Å²) in [6, 6.07) is 16.1. The van der Waals surface area contributed by atoms with Crippen molar-refractivity contribution in [3.05, 3.63) is 90.0 Å². The zero-order chi connectivity index (χ0) is 21.5. The summed E-state index contributed by atoms with van der Waals surface area (Å²) >= 11 is 1.36. The number of benzene rings is 2. The molecule has 0 saturated heterocycles. The van der Waals surface area contributed by atoms with Crippen LogP contribution < -0.4 is 0 Å². The van der Waals surface area contributed by atoms with Crippen LogP contribution in [0.25, 0.3) is 0 Å². The number of hydrogen-bond acceptors (Lipinski definition) is 4. The molecule has 7 heteroatoms. The number of rotatable bonds is 9. The maximum absolute atomic E-state index is 13.2. The van der Waals surface area contributed by atoms with Gasteiger partial charge in [0.1, 0.15) is 11.6 Å². The van der Waals surface area contributed by atoms with E-state index in [1.807, 2.05) is 29.7 Å². The summed E-state index contributed by atoms with van der Waals surface area (Å²) in [5.41, 5.74) is 2.04. The lowest BCUT2D eigenvalue weighted by Crippen LogP contribution is -2.31. The quantitative estimate of drug-likeness (QED) is 0.375. The molecular formula is C23H25FN4OS. The summed E-state index contributed by atoms with van der Waals surface area (Å²) in [5, 5.41) is 9.31. The molecule has 1 unspecified atom stereocenters. The molecule has 1 aromatic heterocycles. The van der Waals surface area contributed by atoms with Gasteiger partial charge in [-0.1, -0.05) is 60.3 Å². The molecular weight excluding hydrogens is 399 g/mol. The molecule has 0 bridgehead atoms. The summed E-state index contributed by atoms with van der Waals surface area (Å²) in [7, 11) is 1.76. The molecule has 5 nitrogen and oxygen atoms in total. The Morgan fingerprint density at radius 2 is 1.90 bits per heavy atom. The Bertz CT molecular complexity index is 988. The molecule has 0 N–H and O–H groups in total. The van der Waals surface area contributed by atoms with E-state index in [2.05, 4.69) is 28.9 Å². The summed E-state index contributed by atoms with van der Waals surface area (Å²) in [4.78, 5) is 14.4. The monoisotopic (exact) mass is 424 g/mol. The minimum absolute atomic E-state index is 0.0328. The highest BCUT2D eigenvalue weighted by Gasteiger charge is 2.20. The van der Waals surface area contributed by atoms with Crippen LogP contribution in [-0.2, 0) is 17.8 Å². The lowest BCUT2D eigenvalue weighted by molar-refractivity contribution is -0.128. The molecule has 0 fully saturated rings. The SMILES string of the molecule is C=CCn1c(Cc2ccccc2)nnc1SCC(=O)N(C)C(C)c1ccc(F)cc1. The van der Waals surface area contributed by atoms with E-state index in [1.54, 1.807) is 30.2 Å². The van der Waals surface area contributed by atoms with Gasteiger partial charge >= 0.3 is 0 Å². The second-order valence-corrected chi connectivity index (χ2v) is 7.92. The molecule has 0 aliphatic heterocycles. The number of halogens is 1. The lowest BCUT2D eigenvalue weighted by Gasteiger charge is -2.25. The lowest BCUT2D eigenvalue weighted by atomic mass is 10.1. The molecule has 1 heterocycles. The molecule has 0 saturated carbocycles. The van der Waals surface area contributed by atoms with E-state index in [9.17, 15) is 9.18 Å². The van der Waals surface area contributed by atoms with Crippen LogP contribution in [0, 0.1) is 5.82 Å². The maximum atomic E-state index is 13.2. The third-order valence-electron chi connectivity index (χ3n) is 4.96. The van der Waals surface area contributed by atoms with E-state index in [-0.39, 0.29) is 23.5 Å². The van der Waals surface area contributed by atoms with E-state index in [0.29, 0.717) is 18.1 Å². The standard InChI is InChI=1S/C23H25FN4OS/c1-4-14-28-21(15-18-8-6-5-7-9-18)25-26-23(28)30-16-22(29)27(3)17(2)19-10-12-20(24)13-11-19/h4-13,17H,1,14-16H2,2-3H3. The van der Waals surface area contributed by atoms with Crippen LogP contribution in [0.5, 0.6) is 0 Å². The molecule has 0 aliphatic carbocycles. The fourth-order valence-corrected chi connectivity index (χ4v) is 3.95. The molecule has 1 atom stereocenters. The molecule has 1 amide bonds. The van der Waals surface area contributed by atoms with Gasteiger partial charge in [0.15, 0.2) is 5.16 Å². The Labute approximate surface area is 180 Å². The molecule has 0 spiro atoms. The number of aromatic nitrogens is 3. The number of carbonyl (C=O) groups is 1. The Morgan fingerprint density at radius 1 is 1.20 bits per heavy atom. The molecule has 2 aromatic carbocycles. The van der Waals surface area contributed by atoms with E-state index in [4.69, 9.17) is 0 Å². The van der Waals surface area contributed by atoms with Crippen LogP contribution >= 0.6 is 11.8 Å². The van der Waals surface area contributed by atoms with Crippen molar-refractivity contribution >= 4 is 17.7 Å². The first-order valence-electron chi connectivity index (χ1n) is 9.70. The van der Waals surface area contributed by atoms with Crippen LogP contribution in [0.1, 0.15) is 29.9 Å². The number of nitrogens with zero attached hydrogens (tertiary/aromatic N) is 4. The normalized spacial score (nSPS) is 11.8. The van der Waals surface area contributed by atoms with Gasteiger partial charge in [-0.15, -0.1) is 16.8 Å². The van der Waals surface area contributed by atoms with Gasteiger partial charge in [-0.05, 0) is 30.2 Å². The molecule has 30 heavy (non-hydrogen) atoms. The highest BCUT2D eigenvalue weighted by molar-refractivity contribution is 7.99. The molecule has 3 rings (SSSR count). The maximum Gasteiger partial charge on any atom is 0.233 e. The highest BCUT2D eigenvalue weighted by Crippen LogP contribution is 2.23.